The van der Waals surface area contributed by atoms with Gasteiger partial charge >= 0.3 is 196 Å². The molecule has 150 valence electrons. The summed E-state index contributed by atoms with van der Waals surface area (Å²) < 4.78 is 2.27. The van der Waals surface area contributed by atoms with E-state index < -0.39 is 7.26 Å². The van der Waals surface area contributed by atoms with Gasteiger partial charge < -0.3 is 0 Å². The van der Waals surface area contributed by atoms with Crippen LogP contribution in [0.15, 0.2) is 125 Å². The van der Waals surface area contributed by atoms with Crippen molar-refractivity contribution in [1.29, 1.82) is 0 Å². The normalized spacial score (nSPS) is 11.4. The Labute approximate surface area is 195 Å². The van der Waals surface area contributed by atoms with Crippen molar-refractivity contribution in [2.24, 2.45) is 0 Å². The van der Waals surface area contributed by atoms with Gasteiger partial charge in [0.1, 0.15) is 0 Å². The number of hydrogen-bond donors (Lipinski definition) is 1. The number of hydrogen-bond acceptors (Lipinski definition) is 2. The van der Waals surface area contributed by atoms with Gasteiger partial charge in [-0.25, -0.2) is 0 Å². The topological polar surface area (TPSA) is 12.9 Å². The van der Waals surface area contributed by atoms with E-state index in [1.807, 2.05) is 0 Å². The van der Waals surface area contributed by atoms with Gasteiger partial charge in [-0.2, -0.15) is 0 Å². The van der Waals surface area contributed by atoms with Crippen LogP contribution < -0.4 is 21.3 Å². The average molecular weight is 501 g/mol. The number of aromatic nitrogens is 1. The monoisotopic (exact) mass is 502 g/mol. The molecule has 4 aromatic carbocycles. The first-order valence-electron chi connectivity index (χ1n) is 10.1. The summed E-state index contributed by atoms with van der Waals surface area (Å²) in [4.78, 5) is 5.34. The maximum atomic E-state index is 5.34. The molecule has 0 N–H and O–H groups in total. The van der Waals surface area contributed by atoms with Gasteiger partial charge in [0.05, 0.1) is 0 Å². The molecule has 31 heavy (non-hydrogen) atoms. The molecule has 1 heterocycles. The van der Waals surface area contributed by atoms with E-state index >= 15 is 0 Å². The van der Waals surface area contributed by atoms with Crippen LogP contribution in [0.4, 0.5) is 0 Å². The fourth-order valence-corrected chi connectivity index (χ4v) is 11.7. The zero-order chi connectivity index (χ0) is 21.1. The minimum absolute atomic E-state index is 0.0867. The van der Waals surface area contributed by atoms with Gasteiger partial charge in [0, 0.05) is 0 Å². The average Bonchev–Trinajstić information content (AvgIpc) is 3.24. The van der Waals surface area contributed by atoms with Crippen LogP contribution in [0.2, 0.25) is 0 Å². The maximum absolute atomic E-state index is 5.34. The first-order chi connectivity index (χ1) is 15.3. The summed E-state index contributed by atoms with van der Waals surface area (Å²) in [6.07, 6.45) is 0. The summed E-state index contributed by atoms with van der Waals surface area (Å²) in [5.41, 5.74) is 2.33. The molecule has 4 heteroatoms. The van der Waals surface area contributed by atoms with Crippen LogP contribution in [0.25, 0.3) is 10.1 Å². The molecule has 0 fully saturated rings. The van der Waals surface area contributed by atoms with Crippen LogP contribution in [0.1, 0.15) is 0 Å². The molecular formula is C27H21NPSSe+. The van der Waals surface area contributed by atoms with E-state index in [2.05, 4.69) is 121 Å². The molecular weight excluding hydrogens is 480 g/mol. The predicted octanol–water partition coefficient (Wildman–Crippen LogP) is 4.71. The Bertz CT molecular complexity index is 1180. The van der Waals surface area contributed by atoms with Gasteiger partial charge in [0.15, 0.2) is 0 Å². The third-order valence-electron chi connectivity index (χ3n) is 5.36. The van der Waals surface area contributed by atoms with Crippen molar-refractivity contribution in [3.05, 3.63) is 121 Å². The number of nitrogens with zero attached hydrogens (tertiary/aromatic N) is 1. The summed E-state index contributed by atoms with van der Waals surface area (Å²) in [5.74, 6) is 0. The van der Waals surface area contributed by atoms with Crippen molar-refractivity contribution in [3.63, 3.8) is 0 Å². The van der Waals surface area contributed by atoms with Crippen molar-refractivity contribution in [2.45, 2.75) is 3.77 Å². The van der Waals surface area contributed by atoms with Crippen LogP contribution in [0.5, 0.6) is 0 Å². The molecule has 0 bridgehead atoms. The Kier molecular flexibility index (Phi) is 5.94. The first kappa shape index (κ1) is 20.5. The number of thiol groups is 1. The zero-order valence-electron chi connectivity index (χ0n) is 16.8. The second-order valence-electron chi connectivity index (χ2n) is 7.19. The van der Waals surface area contributed by atoms with Gasteiger partial charge in [0.2, 0.25) is 0 Å². The molecule has 1 aromatic heterocycles. The van der Waals surface area contributed by atoms with Gasteiger partial charge in [-0.3, -0.25) is 0 Å². The van der Waals surface area contributed by atoms with Gasteiger partial charge in [-0.15, -0.1) is 0 Å². The summed E-state index contributed by atoms with van der Waals surface area (Å²) in [5, 5.41) is 3.92. The summed E-state index contributed by atoms with van der Waals surface area (Å²) in [7, 11) is -2.18. The fourth-order valence-electron chi connectivity index (χ4n) is 4.00. The van der Waals surface area contributed by atoms with E-state index in [-0.39, 0.29) is 14.5 Å². The van der Waals surface area contributed by atoms with E-state index in [9.17, 15) is 0 Å². The van der Waals surface area contributed by atoms with Crippen molar-refractivity contribution < 1.29 is 0 Å². The Hall–Kier alpha value is -2.41. The van der Waals surface area contributed by atoms with Crippen molar-refractivity contribution >= 4 is 55.7 Å². The Balaban J connectivity index is 1.87. The third kappa shape index (κ3) is 3.73. The second kappa shape index (κ2) is 8.99. The van der Waals surface area contributed by atoms with Crippen LogP contribution >= 0.6 is 19.9 Å². The molecule has 0 aliphatic carbocycles. The van der Waals surface area contributed by atoms with Gasteiger partial charge in [0.25, 0.3) is 0 Å². The Morgan fingerprint density at radius 1 is 0.548 bits per heavy atom. The Morgan fingerprint density at radius 3 is 1.35 bits per heavy atom. The SMILES string of the molecule is Sc1[se]c(-c2ccccc2)nc1[P+](c1ccccc1)(c1ccccc1)c1ccccc1. The minimum atomic E-state index is -2.18. The molecule has 0 aliphatic rings. The molecule has 0 atom stereocenters. The Morgan fingerprint density at radius 2 is 0.935 bits per heavy atom. The van der Waals surface area contributed by atoms with Crippen molar-refractivity contribution in [3.8, 4) is 10.1 Å². The summed E-state index contributed by atoms with van der Waals surface area (Å²) in [6.45, 7) is 0. The van der Waals surface area contributed by atoms with E-state index in [4.69, 9.17) is 17.6 Å². The van der Waals surface area contributed by atoms with E-state index in [0.29, 0.717) is 0 Å². The predicted molar refractivity (Wildman–Crippen MR) is 139 cm³/mol. The van der Waals surface area contributed by atoms with Gasteiger partial charge in [-0.1, -0.05) is 0 Å². The molecule has 5 rings (SSSR count). The standard InChI is InChI=1S/C27H20NPSSe/c30-27-25(28-26(31-27)21-13-5-1-6-14-21)29(22-15-7-2-8-16-22,23-17-9-3-10-18-23)24-19-11-4-12-20-24/h1-20H/p+1. The molecule has 0 saturated carbocycles. The molecule has 0 saturated heterocycles. The quantitative estimate of drug-likeness (QED) is 0.209. The van der Waals surface area contributed by atoms with Crippen LogP contribution in [-0.2, 0) is 0 Å². The molecule has 0 radical (unpaired) electrons. The molecule has 1 nitrogen and oxygen atoms in total. The summed E-state index contributed by atoms with van der Waals surface area (Å²) >= 11 is 5.15. The van der Waals surface area contributed by atoms with E-state index in [0.717, 1.165) is 13.8 Å². The van der Waals surface area contributed by atoms with Crippen LogP contribution in [0.3, 0.4) is 0 Å². The molecule has 0 aliphatic heterocycles. The second-order valence-corrected chi connectivity index (χ2v) is 13.7. The van der Waals surface area contributed by atoms with E-state index in [1.165, 1.54) is 21.5 Å². The van der Waals surface area contributed by atoms with Gasteiger partial charge in [-0.05, 0) is 0 Å². The molecule has 0 amide bonds. The van der Waals surface area contributed by atoms with Crippen molar-refractivity contribution in [2.75, 3.05) is 0 Å². The third-order valence-corrected chi connectivity index (χ3v) is 12.6. The summed E-state index contributed by atoms with van der Waals surface area (Å²) in [6, 6.07) is 43.1. The molecule has 0 spiro atoms. The van der Waals surface area contributed by atoms with Crippen molar-refractivity contribution in [1.82, 2.24) is 4.98 Å². The number of benzene rings is 4. The first-order valence-corrected chi connectivity index (χ1v) is 14.1. The fraction of sp³-hybridized carbons (Fsp3) is 0. The van der Waals surface area contributed by atoms with E-state index in [1.54, 1.807) is 0 Å². The van der Waals surface area contributed by atoms with Crippen LogP contribution in [0, 0.1) is 0 Å². The number of rotatable bonds is 5. The molecule has 0 unspecified atom stereocenters. The molecule has 5 aromatic rings. The van der Waals surface area contributed by atoms with Crippen LogP contribution in [-0.4, -0.2) is 19.5 Å². The zero-order valence-corrected chi connectivity index (χ0v) is 20.3.